The van der Waals surface area contributed by atoms with Gasteiger partial charge in [-0.25, -0.2) is 9.59 Å². The Kier molecular flexibility index (Phi) is 5.98. The Balaban J connectivity index is 1.82. The van der Waals surface area contributed by atoms with Gasteiger partial charge in [-0.2, -0.15) is 8.42 Å². The monoisotopic (exact) mass is 426 g/mol. The third kappa shape index (κ3) is 4.98. The third-order valence-corrected chi connectivity index (χ3v) is 4.68. The molecule has 156 valence electrons. The fourth-order valence-electron chi connectivity index (χ4n) is 2.85. The van der Waals surface area contributed by atoms with Crippen LogP contribution < -0.4 is 11.2 Å². The van der Waals surface area contributed by atoms with Crippen molar-refractivity contribution in [1.29, 1.82) is 0 Å². The molecule has 1 aromatic carbocycles. The Hall–Kier alpha value is -2.80. The number of benzene rings is 1. The molecule has 29 heavy (non-hydrogen) atoms. The first-order chi connectivity index (χ1) is 13.7. The van der Waals surface area contributed by atoms with E-state index in [2.05, 4.69) is 0 Å². The number of carbonyl (C=O) groups is 1. The van der Waals surface area contributed by atoms with Gasteiger partial charge in [-0.15, -0.1) is 0 Å². The highest BCUT2D eigenvalue weighted by atomic mass is 32.2. The standard InChI is InChI=1S/C17H18N2O9S/c1-29(24,25)28-14-11(9-26-16(22)10-5-3-2-4-6-10)27-15(13(14)21)19-8-7-12(20)18-17(19)23/h2-8,11,13-15,21H,9H2,1H3,(H,18,20,23). The van der Waals surface area contributed by atoms with Crippen LogP contribution in [0.4, 0.5) is 0 Å². The van der Waals surface area contributed by atoms with Crippen molar-refractivity contribution in [2.75, 3.05) is 12.9 Å². The second-order valence-corrected chi connectivity index (χ2v) is 7.90. The highest BCUT2D eigenvalue weighted by Gasteiger charge is 2.48. The first-order valence-electron chi connectivity index (χ1n) is 8.41. The van der Waals surface area contributed by atoms with Gasteiger partial charge in [0, 0.05) is 12.3 Å². The molecule has 0 bridgehead atoms. The summed E-state index contributed by atoms with van der Waals surface area (Å²) in [7, 11) is -4.01. The van der Waals surface area contributed by atoms with Crippen LogP contribution in [0.2, 0.25) is 0 Å². The Morgan fingerprint density at radius 3 is 2.55 bits per heavy atom. The molecule has 3 rings (SSSR count). The Morgan fingerprint density at radius 2 is 1.93 bits per heavy atom. The van der Waals surface area contributed by atoms with Crippen molar-refractivity contribution in [1.82, 2.24) is 9.55 Å². The highest BCUT2D eigenvalue weighted by molar-refractivity contribution is 7.86. The van der Waals surface area contributed by atoms with Gasteiger partial charge in [0.2, 0.25) is 0 Å². The predicted octanol–water partition coefficient (Wildman–Crippen LogP) is -1.00. The smallest absolute Gasteiger partial charge is 0.338 e. The van der Waals surface area contributed by atoms with E-state index in [1.165, 1.54) is 12.1 Å². The number of hydrogen-bond donors (Lipinski definition) is 2. The van der Waals surface area contributed by atoms with Gasteiger partial charge < -0.3 is 14.6 Å². The normalized spacial score (nSPS) is 24.3. The SMILES string of the molecule is CS(=O)(=O)OC1C(COC(=O)c2ccccc2)OC(n2ccc(=O)[nH]c2=O)C1O. The van der Waals surface area contributed by atoms with E-state index in [1.807, 2.05) is 4.98 Å². The minimum Gasteiger partial charge on any atom is -0.459 e. The van der Waals surface area contributed by atoms with Crippen molar-refractivity contribution in [2.45, 2.75) is 24.5 Å². The summed E-state index contributed by atoms with van der Waals surface area (Å²) in [6, 6.07) is 9.09. The summed E-state index contributed by atoms with van der Waals surface area (Å²) >= 11 is 0. The van der Waals surface area contributed by atoms with E-state index in [0.29, 0.717) is 0 Å². The lowest BCUT2D eigenvalue weighted by atomic mass is 10.1. The van der Waals surface area contributed by atoms with Gasteiger partial charge >= 0.3 is 11.7 Å². The molecule has 0 saturated carbocycles. The van der Waals surface area contributed by atoms with E-state index in [0.717, 1.165) is 23.1 Å². The largest absolute Gasteiger partial charge is 0.459 e. The van der Waals surface area contributed by atoms with Crippen LogP contribution in [0.25, 0.3) is 0 Å². The zero-order chi connectivity index (χ0) is 21.2. The number of aliphatic hydroxyl groups excluding tert-OH is 1. The summed E-state index contributed by atoms with van der Waals surface area (Å²) in [5.74, 6) is -0.688. The number of hydrogen-bond acceptors (Lipinski definition) is 9. The summed E-state index contributed by atoms with van der Waals surface area (Å²) in [4.78, 5) is 37.4. The van der Waals surface area contributed by atoms with Crippen LogP contribution in [0.1, 0.15) is 16.6 Å². The first-order valence-corrected chi connectivity index (χ1v) is 10.2. The number of esters is 1. The lowest BCUT2D eigenvalue weighted by Gasteiger charge is -2.19. The number of aromatic nitrogens is 2. The van der Waals surface area contributed by atoms with Gasteiger partial charge in [-0.1, -0.05) is 18.2 Å². The molecule has 0 amide bonds. The van der Waals surface area contributed by atoms with Crippen molar-refractivity contribution in [3.05, 3.63) is 69.0 Å². The van der Waals surface area contributed by atoms with Gasteiger partial charge in [0.15, 0.2) is 6.23 Å². The van der Waals surface area contributed by atoms with Gasteiger partial charge in [-0.3, -0.25) is 18.5 Å². The zero-order valence-electron chi connectivity index (χ0n) is 15.1. The molecular formula is C17H18N2O9S. The maximum Gasteiger partial charge on any atom is 0.338 e. The second-order valence-electron chi connectivity index (χ2n) is 6.30. The van der Waals surface area contributed by atoms with Crippen LogP contribution in [0.15, 0.2) is 52.2 Å². The van der Waals surface area contributed by atoms with E-state index in [1.54, 1.807) is 18.2 Å². The number of carbonyl (C=O) groups excluding carboxylic acids is 1. The maximum atomic E-state index is 12.1. The lowest BCUT2D eigenvalue weighted by Crippen LogP contribution is -2.40. The van der Waals surface area contributed by atoms with Gasteiger partial charge in [0.25, 0.3) is 15.7 Å². The minimum atomic E-state index is -4.01. The molecule has 2 N–H and O–H groups in total. The van der Waals surface area contributed by atoms with Crippen LogP contribution in [0.5, 0.6) is 0 Å². The average Bonchev–Trinajstić information content (AvgIpc) is 2.95. The van der Waals surface area contributed by atoms with E-state index in [4.69, 9.17) is 13.7 Å². The van der Waals surface area contributed by atoms with E-state index < -0.39 is 58.5 Å². The molecule has 1 fully saturated rings. The van der Waals surface area contributed by atoms with Gasteiger partial charge in [0.05, 0.1) is 11.8 Å². The van der Waals surface area contributed by atoms with Crippen LogP contribution in [0, 0.1) is 0 Å². The number of ether oxygens (including phenoxy) is 2. The van der Waals surface area contributed by atoms with Crippen LogP contribution in [0.3, 0.4) is 0 Å². The van der Waals surface area contributed by atoms with Crippen molar-refractivity contribution < 1.29 is 32.0 Å². The molecule has 1 aromatic heterocycles. The zero-order valence-corrected chi connectivity index (χ0v) is 15.9. The lowest BCUT2D eigenvalue weighted by molar-refractivity contribution is -0.0589. The molecule has 4 atom stereocenters. The summed E-state index contributed by atoms with van der Waals surface area (Å²) in [5.41, 5.74) is -1.27. The quantitative estimate of drug-likeness (QED) is 0.437. The number of nitrogens with zero attached hydrogens (tertiary/aromatic N) is 1. The molecule has 0 spiro atoms. The van der Waals surface area contributed by atoms with Crippen molar-refractivity contribution in [2.24, 2.45) is 0 Å². The molecule has 1 aliphatic heterocycles. The molecule has 0 aliphatic carbocycles. The molecule has 12 heteroatoms. The first kappa shape index (κ1) is 20.9. The number of rotatable bonds is 6. The highest BCUT2D eigenvalue weighted by Crippen LogP contribution is 2.31. The summed E-state index contributed by atoms with van der Waals surface area (Å²) < 4.78 is 39.6. The average molecular weight is 426 g/mol. The number of aromatic amines is 1. The number of aliphatic hydroxyl groups is 1. The Labute approximate surface area is 164 Å². The molecular weight excluding hydrogens is 408 g/mol. The molecule has 1 saturated heterocycles. The summed E-state index contributed by atoms with van der Waals surface area (Å²) in [5, 5.41) is 10.5. The molecule has 2 heterocycles. The fourth-order valence-corrected chi connectivity index (χ4v) is 3.49. The number of H-pyrrole nitrogens is 1. The van der Waals surface area contributed by atoms with Crippen LogP contribution in [-0.2, 0) is 23.8 Å². The predicted molar refractivity (Wildman–Crippen MR) is 97.7 cm³/mol. The van der Waals surface area contributed by atoms with Crippen molar-refractivity contribution >= 4 is 16.1 Å². The van der Waals surface area contributed by atoms with Crippen molar-refractivity contribution in [3.63, 3.8) is 0 Å². The third-order valence-electron chi connectivity index (χ3n) is 4.11. The summed E-state index contributed by atoms with van der Waals surface area (Å²) in [6.07, 6.45) is -3.74. The Bertz CT molecular complexity index is 1090. The maximum absolute atomic E-state index is 12.1. The molecule has 2 aromatic rings. The van der Waals surface area contributed by atoms with Crippen molar-refractivity contribution in [3.8, 4) is 0 Å². The molecule has 4 unspecified atom stereocenters. The molecule has 0 radical (unpaired) electrons. The fraction of sp³-hybridized carbons (Fsp3) is 0.353. The molecule has 1 aliphatic rings. The minimum absolute atomic E-state index is 0.264. The topological polar surface area (TPSA) is 154 Å². The van der Waals surface area contributed by atoms with Crippen LogP contribution >= 0.6 is 0 Å². The van der Waals surface area contributed by atoms with E-state index in [9.17, 15) is 27.9 Å². The second kappa shape index (κ2) is 8.29. The Morgan fingerprint density at radius 1 is 1.24 bits per heavy atom. The van der Waals surface area contributed by atoms with Gasteiger partial charge in [0.1, 0.15) is 24.9 Å². The summed E-state index contributed by atoms with van der Waals surface area (Å²) in [6.45, 7) is -0.445. The van der Waals surface area contributed by atoms with E-state index >= 15 is 0 Å². The molecule has 11 nitrogen and oxygen atoms in total. The van der Waals surface area contributed by atoms with Gasteiger partial charge in [-0.05, 0) is 12.1 Å². The van der Waals surface area contributed by atoms with E-state index in [-0.39, 0.29) is 5.56 Å². The number of nitrogens with one attached hydrogen (secondary N) is 1. The van der Waals surface area contributed by atoms with Crippen LogP contribution in [-0.4, -0.2) is 60.2 Å².